The number of nitro groups is 1. The molecule has 1 aliphatic rings. The third-order valence-electron chi connectivity index (χ3n) is 8.37. The van der Waals surface area contributed by atoms with Crippen LogP contribution in [0.2, 0.25) is 0 Å². The summed E-state index contributed by atoms with van der Waals surface area (Å²) in [6.07, 6.45) is -6.52. The quantitative estimate of drug-likeness (QED) is 0.0812. The Bertz CT molecular complexity index is 1770. The van der Waals surface area contributed by atoms with Crippen LogP contribution in [-0.2, 0) is 40.0 Å². The van der Waals surface area contributed by atoms with Crippen molar-refractivity contribution in [2.24, 2.45) is 17.8 Å². The van der Waals surface area contributed by atoms with E-state index in [1.54, 1.807) is 13.0 Å². The molecule has 17 heteroatoms. The summed E-state index contributed by atoms with van der Waals surface area (Å²) in [7, 11) is 0.989. The minimum atomic E-state index is -1.75. The molecule has 1 amide bonds. The van der Waals surface area contributed by atoms with Crippen LogP contribution in [-0.4, -0.2) is 87.9 Å². The predicted molar refractivity (Wildman–Crippen MR) is 174 cm³/mol. The lowest BCUT2D eigenvalue weighted by molar-refractivity contribution is -0.386. The van der Waals surface area contributed by atoms with Gasteiger partial charge in [-0.25, -0.2) is 9.59 Å². The number of ether oxygens (including phenoxy) is 5. The van der Waals surface area contributed by atoms with Gasteiger partial charge in [-0.3, -0.25) is 29.4 Å². The molecular weight excluding hydrogens is 676 g/mol. The van der Waals surface area contributed by atoms with E-state index in [-0.39, 0.29) is 18.8 Å². The van der Waals surface area contributed by atoms with E-state index in [9.17, 15) is 49.4 Å². The molecule has 3 aromatic rings. The number of carbonyl (C=O) groups excluding carboxylic acids is 2. The molecule has 0 bridgehead atoms. The van der Waals surface area contributed by atoms with Gasteiger partial charge in [0.05, 0.1) is 24.9 Å². The van der Waals surface area contributed by atoms with Crippen LogP contribution in [0.25, 0.3) is 10.8 Å². The third kappa shape index (κ3) is 9.60. The molecule has 0 saturated carbocycles. The van der Waals surface area contributed by atoms with Crippen LogP contribution < -0.4 is 9.47 Å². The highest BCUT2D eigenvalue weighted by molar-refractivity contribution is 5.88. The Morgan fingerprint density at radius 2 is 1.51 bits per heavy atom. The smallest absolute Gasteiger partial charge is 0.412 e. The summed E-state index contributed by atoms with van der Waals surface area (Å²) < 4.78 is 27.5. The molecule has 0 spiro atoms. The van der Waals surface area contributed by atoms with Crippen LogP contribution in [0.3, 0.4) is 0 Å². The molecule has 0 radical (unpaired) electrons. The Morgan fingerprint density at radius 1 is 0.863 bits per heavy atom. The highest BCUT2D eigenvalue weighted by atomic mass is 16.7. The van der Waals surface area contributed by atoms with E-state index in [4.69, 9.17) is 23.7 Å². The first-order valence-electron chi connectivity index (χ1n) is 15.7. The summed E-state index contributed by atoms with van der Waals surface area (Å²) in [4.78, 5) is 73.5. The summed E-state index contributed by atoms with van der Waals surface area (Å²) in [5.74, 6) is -9.19. The number of aliphatic carboxylic acids is 3. The Balaban J connectivity index is 1.53. The van der Waals surface area contributed by atoms with Crippen LogP contribution in [0.5, 0.6) is 11.5 Å². The molecular formula is C34H36N2O15. The van der Waals surface area contributed by atoms with Gasteiger partial charge in [-0.2, -0.15) is 0 Å². The molecule has 272 valence electrons. The van der Waals surface area contributed by atoms with Gasteiger partial charge < -0.3 is 39.0 Å². The van der Waals surface area contributed by atoms with Gasteiger partial charge in [-0.05, 0) is 35.9 Å². The summed E-state index contributed by atoms with van der Waals surface area (Å²) >= 11 is 0. The van der Waals surface area contributed by atoms with Gasteiger partial charge in [0.15, 0.2) is 18.6 Å². The Morgan fingerprint density at radius 3 is 2.16 bits per heavy atom. The zero-order chi connectivity index (χ0) is 37.2. The average Bonchev–Trinajstić information content (AvgIpc) is 3.09. The fourth-order valence-corrected chi connectivity index (χ4v) is 5.96. The highest BCUT2D eigenvalue weighted by Gasteiger charge is 2.52. The van der Waals surface area contributed by atoms with Crippen LogP contribution in [0, 0.1) is 27.9 Å². The number of rotatable bonds is 16. The first-order chi connectivity index (χ1) is 24.3. The minimum Gasteiger partial charge on any atom is -0.481 e. The van der Waals surface area contributed by atoms with E-state index < -0.39 is 102 Å². The summed E-state index contributed by atoms with van der Waals surface area (Å²) in [6, 6.07) is 16.6. The maximum absolute atomic E-state index is 12.9. The molecule has 0 aromatic heterocycles. The topological polar surface area (TPSA) is 239 Å². The number of nitrogens with zero attached hydrogens (tertiary/aromatic N) is 2. The number of carboxylic acid groups (broad SMARTS) is 3. The number of esters is 1. The number of carboxylic acids is 3. The van der Waals surface area contributed by atoms with Gasteiger partial charge in [0, 0.05) is 36.3 Å². The summed E-state index contributed by atoms with van der Waals surface area (Å²) in [5.41, 5.74) is -0.470. The molecule has 0 unspecified atom stereocenters. The Labute approximate surface area is 290 Å². The maximum Gasteiger partial charge on any atom is 0.412 e. The molecule has 3 N–H and O–H groups in total. The first-order valence-corrected chi connectivity index (χ1v) is 15.7. The number of hydrogen-bond donors (Lipinski definition) is 3. The summed E-state index contributed by atoms with van der Waals surface area (Å²) in [6.45, 7) is 1.40. The number of benzene rings is 3. The zero-order valence-corrected chi connectivity index (χ0v) is 27.5. The average molecular weight is 713 g/mol. The fourth-order valence-electron chi connectivity index (χ4n) is 5.96. The first kappa shape index (κ1) is 37.8. The van der Waals surface area contributed by atoms with Crippen LogP contribution >= 0.6 is 0 Å². The monoisotopic (exact) mass is 712 g/mol. The van der Waals surface area contributed by atoms with E-state index in [2.05, 4.69) is 0 Å². The summed E-state index contributed by atoms with van der Waals surface area (Å²) in [5, 5.41) is 42.7. The number of nitro benzene ring substituents is 1. The van der Waals surface area contributed by atoms with Crippen molar-refractivity contribution < 1.29 is 67.9 Å². The highest BCUT2D eigenvalue weighted by Crippen LogP contribution is 2.43. The molecule has 1 aliphatic heterocycles. The Hall–Kier alpha value is -5.97. The van der Waals surface area contributed by atoms with Crippen molar-refractivity contribution in [1.82, 2.24) is 4.90 Å². The van der Waals surface area contributed by atoms with Crippen molar-refractivity contribution in [2.45, 2.75) is 45.2 Å². The zero-order valence-electron chi connectivity index (χ0n) is 27.5. The standard InChI is InChI=1S/C34H36N2O15/c1-3-35(18-49-26-10-6-8-20-7-4-5-9-21(20)26)34(44)48-17-19-11-12-27(25(13-19)36(45)46)50-33-24(16-30(41)42)22(14-28(37)38)23(15-29(39)40)31(51-33)32(43)47-2/h4-13,22-24,31,33H,3,14-18H2,1-2H3,(H,37,38)(H,39,40)(H,41,42)/t22-,23-,24+,31-,33+/m0/s1. The van der Waals surface area contributed by atoms with E-state index in [0.29, 0.717) is 5.75 Å². The van der Waals surface area contributed by atoms with E-state index in [0.717, 1.165) is 30.0 Å². The second-order valence-corrected chi connectivity index (χ2v) is 11.6. The van der Waals surface area contributed by atoms with Gasteiger partial charge in [0.1, 0.15) is 12.4 Å². The second-order valence-electron chi connectivity index (χ2n) is 11.6. The van der Waals surface area contributed by atoms with Gasteiger partial charge in [0.25, 0.3) is 0 Å². The van der Waals surface area contributed by atoms with Crippen molar-refractivity contribution in [2.75, 3.05) is 20.4 Å². The van der Waals surface area contributed by atoms with Crippen molar-refractivity contribution in [3.63, 3.8) is 0 Å². The molecule has 3 aromatic carbocycles. The van der Waals surface area contributed by atoms with Gasteiger partial charge in [-0.15, -0.1) is 0 Å². The molecule has 51 heavy (non-hydrogen) atoms. The number of hydrogen-bond acceptors (Lipinski definition) is 12. The maximum atomic E-state index is 12.9. The van der Waals surface area contributed by atoms with Crippen molar-refractivity contribution >= 4 is 46.4 Å². The molecule has 17 nitrogen and oxygen atoms in total. The molecule has 1 heterocycles. The van der Waals surface area contributed by atoms with Crippen LogP contribution in [0.4, 0.5) is 10.5 Å². The molecule has 1 saturated heterocycles. The van der Waals surface area contributed by atoms with E-state index in [1.165, 1.54) is 11.0 Å². The Kier molecular flexibility index (Phi) is 12.7. The van der Waals surface area contributed by atoms with E-state index >= 15 is 0 Å². The molecule has 0 aliphatic carbocycles. The number of amides is 1. The lowest BCUT2D eigenvalue weighted by atomic mass is 9.71. The third-order valence-corrected chi connectivity index (χ3v) is 8.37. The van der Waals surface area contributed by atoms with Crippen molar-refractivity contribution in [3.8, 4) is 11.5 Å². The van der Waals surface area contributed by atoms with Crippen LogP contribution in [0.1, 0.15) is 31.7 Å². The molecule has 4 rings (SSSR count). The van der Waals surface area contributed by atoms with Gasteiger partial charge in [0.2, 0.25) is 6.29 Å². The van der Waals surface area contributed by atoms with E-state index in [1.807, 2.05) is 36.4 Å². The normalized spacial score (nSPS) is 19.8. The minimum absolute atomic E-state index is 0.141. The number of methoxy groups -OCH3 is 1. The number of fused-ring (bicyclic) bond motifs is 1. The van der Waals surface area contributed by atoms with Crippen molar-refractivity contribution in [3.05, 3.63) is 76.3 Å². The van der Waals surface area contributed by atoms with Crippen molar-refractivity contribution in [1.29, 1.82) is 0 Å². The van der Waals surface area contributed by atoms with Crippen LogP contribution in [0.15, 0.2) is 60.7 Å². The fraction of sp³-hybridized carbons (Fsp3) is 0.382. The van der Waals surface area contributed by atoms with Gasteiger partial charge >= 0.3 is 35.7 Å². The van der Waals surface area contributed by atoms with Gasteiger partial charge in [-0.1, -0.05) is 42.5 Å². The lowest BCUT2D eigenvalue weighted by Gasteiger charge is -2.44. The largest absolute Gasteiger partial charge is 0.481 e. The lowest BCUT2D eigenvalue weighted by Crippen LogP contribution is -2.54. The predicted octanol–water partition coefficient (Wildman–Crippen LogP) is 4.29. The second kappa shape index (κ2) is 17.1. The number of carbonyl (C=O) groups is 5. The molecule has 5 atom stereocenters. The molecule has 1 fully saturated rings. The SMILES string of the molecule is CCN(COc1cccc2ccccc12)C(=O)OCc1ccc(O[C@@H]2O[C@H](C(=O)OC)[C@@H](CC(=O)O)[C@H](CC(=O)O)[C@H]2CC(=O)O)c([N+](=O)[O-])c1.